The highest BCUT2D eigenvalue weighted by Gasteiger charge is 2.06. The zero-order valence-electron chi connectivity index (χ0n) is 12.2. The lowest BCUT2D eigenvalue weighted by molar-refractivity contribution is -0.120. The van der Waals surface area contributed by atoms with Gasteiger partial charge in [0.25, 0.3) is 0 Å². The Hall–Kier alpha value is -2.47. The van der Waals surface area contributed by atoms with Gasteiger partial charge < -0.3 is 5.32 Å². The van der Waals surface area contributed by atoms with Gasteiger partial charge in [0.2, 0.25) is 5.91 Å². The van der Waals surface area contributed by atoms with Crippen LogP contribution >= 0.6 is 11.3 Å². The number of hydrogen-bond acceptors (Lipinski definition) is 4. The number of rotatable bonds is 5. The number of nitrogens with one attached hydrogen (secondary N) is 1. The van der Waals surface area contributed by atoms with E-state index in [2.05, 4.69) is 15.4 Å². The van der Waals surface area contributed by atoms with Crippen LogP contribution in [-0.2, 0) is 24.8 Å². The smallest absolute Gasteiger partial charge is 0.224 e. The number of nitrogens with zero attached hydrogens (tertiary/aromatic N) is 3. The summed E-state index contributed by atoms with van der Waals surface area (Å²) in [7, 11) is 1.88. The minimum absolute atomic E-state index is 0.0187. The van der Waals surface area contributed by atoms with Gasteiger partial charge in [0, 0.05) is 43.3 Å². The van der Waals surface area contributed by atoms with Crippen LogP contribution in [-0.4, -0.2) is 20.7 Å². The molecule has 0 spiro atoms. The number of aromatic nitrogens is 3. The van der Waals surface area contributed by atoms with Crippen molar-refractivity contribution in [1.82, 2.24) is 20.1 Å². The molecule has 0 atom stereocenters. The van der Waals surface area contributed by atoms with E-state index in [0.29, 0.717) is 13.0 Å². The van der Waals surface area contributed by atoms with Crippen LogP contribution in [0.3, 0.4) is 0 Å². The van der Waals surface area contributed by atoms with Gasteiger partial charge in [-0.15, -0.1) is 0 Å². The number of hydrogen-bond donors (Lipinski definition) is 1. The van der Waals surface area contributed by atoms with Gasteiger partial charge in [0.15, 0.2) is 0 Å². The molecule has 3 aromatic heterocycles. The minimum atomic E-state index is 0.0187. The van der Waals surface area contributed by atoms with Gasteiger partial charge in [-0.1, -0.05) is 0 Å². The van der Waals surface area contributed by atoms with Gasteiger partial charge in [-0.2, -0.15) is 16.4 Å². The quantitative estimate of drug-likeness (QED) is 0.787. The Morgan fingerprint density at radius 2 is 2.18 bits per heavy atom. The summed E-state index contributed by atoms with van der Waals surface area (Å²) in [6.07, 6.45) is 7.73. The molecule has 0 saturated carbocycles. The van der Waals surface area contributed by atoms with E-state index in [9.17, 15) is 4.79 Å². The molecule has 0 aliphatic rings. The van der Waals surface area contributed by atoms with Gasteiger partial charge in [0.1, 0.15) is 0 Å². The molecule has 0 radical (unpaired) electrons. The first kappa shape index (κ1) is 14.5. The van der Waals surface area contributed by atoms with Gasteiger partial charge in [0.05, 0.1) is 12.6 Å². The van der Waals surface area contributed by atoms with Crippen molar-refractivity contribution in [3.8, 4) is 11.1 Å². The lowest BCUT2D eigenvalue weighted by Crippen LogP contribution is -2.24. The van der Waals surface area contributed by atoms with Crippen LogP contribution in [0.4, 0.5) is 0 Å². The molecule has 22 heavy (non-hydrogen) atoms. The van der Waals surface area contributed by atoms with E-state index in [-0.39, 0.29) is 5.91 Å². The molecule has 6 heteroatoms. The van der Waals surface area contributed by atoms with Crippen LogP contribution in [0.2, 0.25) is 0 Å². The molecule has 1 N–H and O–H groups in total. The summed E-state index contributed by atoms with van der Waals surface area (Å²) >= 11 is 1.60. The Balaban J connectivity index is 1.62. The van der Waals surface area contributed by atoms with Crippen LogP contribution in [0, 0.1) is 0 Å². The van der Waals surface area contributed by atoms with Crippen molar-refractivity contribution in [1.29, 1.82) is 0 Å². The van der Waals surface area contributed by atoms with Crippen LogP contribution in [0.25, 0.3) is 11.1 Å². The molecule has 0 aromatic carbocycles. The highest BCUT2D eigenvalue weighted by Crippen LogP contribution is 2.18. The Morgan fingerprint density at radius 1 is 1.27 bits per heavy atom. The average molecular weight is 312 g/mol. The molecule has 0 aliphatic carbocycles. The fourth-order valence-corrected chi connectivity index (χ4v) is 2.82. The zero-order chi connectivity index (χ0) is 15.4. The molecule has 112 valence electrons. The molecule has 0 unspecified atom stereocenters. The van der Waals surface area contributed by atoms with E-state index in [1.54, 1.807) is 34.6 Å². The third-order valence-electron chi connectivity index (χ3n) is 3.27. The summed E-state index contributed by atoms with van der Waals surface area (Å²) in [5, 5.41) is 11.1. The first-order valence-corrected chi connectivity index (χ1v) is 7.86. The van der Waals surface area contributed by atoms with Gasteiger partial charge in [-0.05, 0) is 34.0 Å². The van der Waals surface area contributed by atoms with Gasteiger partial charge >= 0.3 is 0 Å². The number of carbonyl (C=O) groups is 1. The second-order valence-electron chi connectivity index (χ2n) is 5.07. The van der Waals surface area contributed by atoms with Crippen molar-refractivity contribution < 1.29 is 4.79 Å². The zero-order valence-corrected chi connectivity index (χ0v) is 13.0. The molecule has 0 aliphatic heterocycles. The van der Waals surface area contributed by atoms with E-state index < -0.39 is 0 Å². The highest BCUT2D eigenvalue weighted by molar-refractivity contribution is 7.07. The Kier molecular flexibility index (Phi) is 4.29. The van der Waals surface area contributed by atoms with E-state index >= 15 is 0 Å². The summed E-state index contributed by atoms with van der Waals surface area (Å²) in [6, 6.07) is 3.99. The second-order valence-corrected chi connectivity index (χ2v) is 5.85. The number of amides is 1. The lowest BCUT2D eigenvalue weighted by Gasteiger charge is -2.06. The summed E-state index contributed by atoms with van der Waals surface area (Å²) in [5.41, 5.74) is 4.03. The van der Waals surface area contributed by atoms with Crippen LogP contribution in [0.1, 0.15) is 11.1 Å². The molecular weight excluding hydrogens is 296 g/mol. The number of thiophene rings is 1. The van der Waals surface area contributed by atoms with Crippen molar-refractivity contribution in [3.05, 3.63) is 58.8 Å². The maximum Gasteiger partial charge on any atom is 0.224 e. The SMILES string of the molecule is Cn1cc(-c2cncc(CNC(=O)Cc3ccsc3)c2)cn1. The van der Waals surface area contributed by atoms with Crippen LogP contribution in [0.15, 0.2) is 47.7 Å². The van der Waals surface area contributed by atoms with Gasteiger partial charge in [-0.25, -0.2) is 0 Å². The standard InChI is InChI=1S/C16H16N4OS/c1-20-10-15(9-19-20)14-4-13(6-17-8-14)7-18-16(21)5-12-2-3-22-11-12/h2-4,6,8-11H,5,7H2,1H3,(H,18,21). The van der Waals surface area contributed by atoms with Crippen molar-refractivity contribution >= 4 is 17.2 Å². The molecule has 0 bridgehead atoms. The fourth-order valence-electron chi connectivity index (χ4n) is 2.15. The molecule has 5 nitrogen and oxygen atoms in total. The predicted molar refractivity (Wildman–Crippen MR) is 86.3 cm³/mol. The first-order chi connectivity index (χ1) is 10.7. The summed E-state index contributed by atoms with van der Waals surface area (Å²) in [4.78, 5) is 16.1. The van der Waals surface area contributed by atoms with Crippen LogP contribution < -0.4 is 5.32 Å². The predicted octanol–water partition coefficient (Wildman–Crippen LogP) is 2.40. The molecule has 1 amide bonds. The highest BCUT2D eigenvalue weighted by atomic mass is 32.1. The van der Waals surface area contributed by atoms with Crippen molar-refractivity contribution in [2.45, 2.75) is 13.0 Å². The first-order valence-electron chi connectivity index (χ1n) is 6.91. The summed E-state index contributed by atoms with van der Waals surface area (Å²) in [6.45, 7) is 0.476. The molecule has 0 fully saturated rings. The molecular formula is C16H16N4OS. The normalized spacial score (nSPS) is 10.6. The van der Waals surface area contributed by atoms with E-state index in [1.165, 1.54) is 0 Å². The lowest BCUT2D eigenvalue weighted by atomic mass is 10.1. The van der Waals surface area contributed by atoms with Crippen LogP contribution in [0.5, 0.6) is 0 Å². The monoisotopic (exact) mass is 312 g/mol. The summed E-state index contributed by atoms with van der Waals surface area (Å²) < 4.78 is 1.75. The third kappa shape index (κ3) is 3.59. The van der Waals surface area contributed by atoms with Crippen molar-refractivity contribution in [2.24, 2.45) is 7.05 Å². The topological polar surface area (TPSA) is 59.8 Å². The number of pyridine rings is 1. The van der Waals surface area contributed by atoms with E-state index in [0.717, 1.165) is 22.3 Å². The van der Waals surface area contributed by atoms with E-state index in [1.807, 2.05) is 36.1 Å². The molecule has 3 heterocycles. The van der Waals surface area contributed by atoms with Crippen molar-refractivity contribution in [2.75, 3.05) is 0 Å². The van der Waals surface area contributed by atoms with Crippen molar-refractivity contribution in [3.63, 3.8) is 0 Å². The Morgan fingerprint density at radius 3 is 2.91 bits per heavy atom. The fraction of sp³-hybridized carbons (Fsp3) is 0.188. The molecule has 3 rings (SSSR count). The number of carbonyl (C=O) groups excluding carboxylic acids is 1. The molecule has 3 aromatic rings. The maximum absolute atomic E-state index is 11.9. The largest absolute Gasteiger partial charge is 0.352 e. The third-order valence-corrected chi connectivity index (χ3v) is 4.00. The minimum Gasteiger partial charge on any atom is -0.352 e. The maximum atomic E-state index is 11.9. The van der Waals surface area contributed by atoms with E-state index in [4.69, 9.17) is 0 Å². The average Bonchev–Trinajstić information content (AvgIpc) is 3.17. The molecule has 0 saturated heterocycles. The summed E-state index contributed by atoms with van der Waals surface area (Å²) in [5.74, 6) is 0.0187. The second kappa shape index (κ2) is 6.53. The Bertz CT molecular complexity index is 764. The Labute approximate surface area is 132 Å². The number of aryl methyl sites for hydroxylation is 1. The van der Waals surface area contributed by atoms with Gasteiger partial charge in [-0.3, -0.25) is 14.5 Å².